The summed E-state index contributed by atoms with van der Waals surface area (Å²) in [5.74, 6) is 0.754. The van der Waals surface area contributed by atoms with E-state index in [4.69, 9.17) is 16.3 Å². The molecule has 2 atom stereocenters. The third-order valence-electron chi connectivity index (χ3n) is 4.25. The number of halogens is 1. The van der Waals surface area contributed by atoms with Crippen LogP contribution in [0, 0.1) is 0 Å². The van der Waals surface area contributed by atoms with Crippen LogP contribution in [-0.4, -0.2) is 18.9 Å². The second kappa shape index (κ2) is 8.65. The lowest BCUT2D eigenvalue weighted by molar-refractivity contribution is -0.656. The molecular formula is C22H21ClNO2+. The van der Waals surface area contributed by atoms with E-state index >= 15 is 0 Å². The van der Waals surface area contributed by atoms with Gasteiger partial charge in [0.15, 0.2) is 12.1 Å². The molecule has 3 aromatic rings. The van der Waals surface area contributed by atoms with Gasteiger partial charge in [-0.25, -0.2) is 0 Å². The van der Waals surface area contributed by atoms with Crippen molar-refractivity contribution in [1.29, 1.82) is 0 Å². The van der Waals surface area contributed by atoms with E-state index in [2.05, 4.69) is 0 Å². The Labute approximate surface area is 158 Å². The molecule has 0 heterocycles. The highest BCUT2D eigenvalue weighted by Crippen LogP contribution is 2.26. The topological polar surface area (TPSA) is 42.9 Å². The molecule has 0 amide bonds. The van der Waals surface area contributed by atoms with Gasteiger partial charge in [0, 0.05) is 10.6 Å². The van der Waals surface area contributed by atoms with Crippen LogP contribution in [0.3, 0.4) is 0 Å². The maximum absolute atomic E-state index is 13.1. The monoisotopic (exact) mass is 366 g/mol. The lowest BCUT2D eigenvalue weighted by Crippen LogP contribution is -2.89. The highest BCUT2D eigenvalue weighted by atomic mass is 35.5. The number of hydrogen-bond acceptors (Lipinski definition) is 2. The fourth-order valence-corrected chi connectivity index (χ4v) is 3.03. The van der Waals surface area contributed by atoms with Gasteiger partial charge >= 0.3 is 0 Å². The Bertz CT molecular complexity index is 835. The van der Waals surface area contributed by atoms with Crippen LogP contribution in [-0.2, 0) is 0 Å². The second-order valence-electron chi connectivity index (χ2n) is 5.99. The van der Waals surface area contributed by atoms with Gasteiger partial charge in [0.2, 0.25) is 5.78 Å². The van der Waals surface area contributed by atoms with Gasteiger partial charge in [-0.1, -0.05) is 72.3 Å². The summed E-state index contributed by atoms with van der Waals surface area (Å²) in [6, 6.07) is 25.9. The molecule has 3 nitrogen and oxygen atoms in total. The first-order valence-corrected chi connectivity index (χ1v) is 8.92. The Morgan fingerprint density at radius 3 is 2.04 bits per heavy atom. The summed E-state index contributed by atoms with van der Waals surface area (Å²) in [7, 11) is 1.89. The van der Waals surface area contributed by atoms with E-state index in [1.54, 1.807) is 0 Å². The summed E-state index contributed by atoms with van der Waals surface area (Å²) in [6.07, 6.45) is -0.438. The number of carbonyl (C=O) groups excluding carboxylic acids is 1. The van der Waals surface area contributed by atoms with Crippen molar-refractivity contribution in [1.82, 2.24) is 0 Å². The van der Waals surface area contributed by atoms with Crippen LogP contribution >= 0.6 is 11.6 Å². The van der Waals surface area contributed by atoms with Crippen molar-refractivity contribution in [2.75, 3.05) is 7.05 Å². The fourth-order valence-electron chi connectivity index (χ4n) is 2.91. The molecule has 0 aliphatic carbocycles. The minimum absolute atomic E-state index is 0.0315. The summed E-state index contributed by atoms with van der Waals surface area (Å²) < 4.78 is 6.24. The van der Waals surface area contributed by atoms with Crippen molar-refractivity contribution in [2.45, 2.75) is 12.1 Å². The predicted octanol–water partition coefficient (Wildman–Crippen LogP) is 3.90. The maximum atomic E-state index is 13.1. The van der Waals surface area contributed by atoms with Gasteiger partial charge in [0.1, 0.15) is 5.75 Å². The highest BCUT2D eigenvalue weighted by Gasteiger charge is 2.34. The molecule has 0 fully saturated rings. The first-order chi connectivity index (χ1) is 12.7. The molecule has 0 aromatic heterocycles. The standard InChI is InChI=1S/C22H20ClNO2/c1-24-20(21(25)16-8-4-2-5-9-16)22(17-12-14-18(23)15-13-17)26-19-10-6-3-7-11-19/h2-15,20,22,24H,1H3/p+1/t20-,22+/m0/s1. The molecular weight excluding hydrogens is 346 g/mol. The Morgan fingerprint density at radius 2 is 1.46 bits per heavy atom. The second-order valence-corrected chi connectivity index (χ2v) is 6.43. The molecule has 0 radical (unpaired) electrons. The number of carbonyl (C=O) groups is 1. The number of ketones is 1. The molecule has 2 N–H and O–H groups in total. The number of rotatable bonds is 7. The summed E-state index contributed by atoms with van der Waals surface area (Å²) in [4.78, 5) is 13.1. The average Bonchev–Trinajstić information content (AvgIpc) is 2.70. The molecule has 0 spiro atoms. The minimum Gasteiger partial charge on any atom is -0.479 e. The fraction of sp³-hybridized carbons (Fsp3) is 0.136. The molecule has 132 valence electrons. The van der Waals surface area contributed by atoms with E-state index in [0.29, 0.717) is 10.6 Å². The first-order valence-electron chi connectivity index (χ1n) is 8.55. The van der Waals surface area contributed by atoms with E-state index in [0.717, 1.165) is 11.3 Å². The average molecular weight is 367 g/mol. The van der Waals surface area contributed by atoms with E-state index in [-0.39, 0.29) is 5.78 Å². The quantitative estimate of drug-likeness (QED) is 0.644. The van der Waals surface area contributed by atoms with Gasteiger partial charge in [-0.05, 0) is 29.8 Å². The van der Waals surface area contributed by atoms with Crippen LogP contribution < -0.4 is 10.1 Å². The lowest BCUT2D eigenvalue weighted by atomic mass is 9.94. The first kappa shape index (κ1) is 18.2. The zero-order valence-electron chi connectivity index (χ0n) is 14.5. The normalized spacial score (nSPS) is 13.0. The SMILES string of the molecule is C[NH2+][C@@H](C(=O)c1ccccc1)[C@H](Oc1ccccc1)c1ccc(Cl)cc1. The van der Waals surface area contributed by atoms with Crippen molar-refractivity contribution in [2.24, 2.45) is 0 Å². The number of likely N-dealkylation sites (N-methyl/N-ethyl adjacent to an activating group) is 1. The lowest BCUT2D eigenvalue weighted by Gasteiger charge is -2.25. The third kappa shape index (κ3) is 4.31. The Hall–Kier alpha value is -2.62. The molecule has 3 rings (SSSR count). The van der Waals surface area contributed by atoms with Crippen LogP contribution in [0.2, 0.25) is 5.02 Å². The summed E-state index contributed by atoms with van der Waals surface area (Å²) >= 11 is 6.03. The molecule has 0 aliphatic heterocycles. The largest absolute Gasteiger partial charge is 0.479 e. The van der Waals surface area contributed by atoms with Crippen molar-refractivity contribution >= 4 is 17.4 Å². The predicted molar refractivity (Wildman–Crippen MR) is 104 cm³/mol. The summed E-state index contributed by atoms with van der Waals surface area (Å²) in [6.45, 7) is 0. The van der Waals surface area contributed by atoms with Gasteiger partial charge in [0.25, 0.3) is 0 Å². The molecule has 0 bridgehead atoms. The summed E-state index contributed by atoms with van der Waals surface area (Å²) in [5.41, 5.74) is 1.58. The molecule has 3 aromatic carbocycles. The molecule has 4 heteroatoms. The number of quaternary nitrogens is 1. The number of nitrogens with two attached hydrogens (primary N) is 1. The van der Waals surface area contributed by atoms with Gasteiger partial charge in [-0.2, -0.15) is 0 Å². The molecule has 26 heavy (non-hydrogen) atoms. The minimum atomic E-state index is -0.438. The van der Waals surface area contributed by atoms with Gasteiger partial charge < -0.3 is 10.1 Å². The zero-order valence-corrected chi connectivity index (χ0v) is 15.3. The Morgan fingerprint density at radius 1 is 0.885 bits per heavy atom. The molecule has 0 aliphatic rings. The van der Waals surface area contributed by atoms with Crippen LogP contribution in [0.1, 0.15) is 22.0 Å². The van der Waals surface area contributed by atoms with E-state index in [9.17, 15) is 4.79 Å². The van der Waals surface area contributed by atoms with E-state index in [1.165, 1.54) is 0 Å². The van der Waals surface area contributed by atoms with Crippen molar-refractivity contribution < 1.29 is 14.8 Å². The number of Topliss-reactive ketones (excluding diaryl/α,β-unsaturated/α-hetero) is 1. The van der Waals surface area contributed by atoms with Crippen LogP contribution in [0.4, 0.5) is 0 Å². The van der Waals surface area contributed by atoms with E-state index < -0.39 is 12.1 Å². The molecule has 0 unspecified atom stereocenters. The van der Waals surface area contributed by atoms with Crippen LogP contribution in [0.5, 0.6) is 5.75 Å². The van der Waals surface area contributed by atoms with Crippen molar-refractivity contribution in [3.05, 3.63) is 101 Å². The van der Waals surface area contributed by atoms with Crippen molar-refractivity contribution in [3.8, 4) is 5.75 Å². The van der Waals surface area contributed by atoms with Gasteiger partial charge in [-0.3, -0.25) is 4.79 Å². The number of ether oxygens (including phenoxy) is 1. The number of hydrogen-bond donors (Lipinski definition) is 1. The number of para-hydroxylation sites is 1. The van der Waals surface area contributed by atoms with Crippen LogP contribution in [0.25, 0.3) is 0 Å². The van der Waals surface area contributed by atoms with Gasteiger partial charge in [-0.15, -0.1) is 0 Å². The van der Waals surface area contributed by atoms with E-state index in [1.807, 2.05) is 97.3 Å². The Kier molecular flexibility index (Phi) is 6.05. The van der Waals surface area contributed by atoms with Gasteiger partial charge in [0.05, 0.1) is 7.05 Å². The van der Waals surface area contributed by atoms with Crippen LogP contribution in [0.15, 0.2) is 84.9 Å². The smallest absolute Gasteiger partial charge is 0.224 e. The zero-order chi connectivity index (χ0) is 18.4. The van der Waals surface area contributed by atoms with Crippen molar-refractivity contribution in [3.63, 3.8) is 0 Å². The number of benzene rings is 3. The summed E-state index contributed by atoms with van der Waals surface area (Å²) in [5, 5.41) is 2.55. The third-order valence-corrected chi connectivity index (χ3v) is 4.50. The highest BCUT2D eigenvalue weighted by molar-refractivity contribution is 6.30. The Balaban J connectivity index is 1.97. The molecule has 0 saturated heterocycles. The molecule has 0 saturated carbocycles. The maximum Gasteiger partial charge on any atom is 0.224 e.